The molecule has 3 N–H and O–H groups in total. The van der Waals surface area contributed by atoms with Crippen molar-refractivity contribution in [3.8, 4) is 0 Å². The third-order valence-electron chi connectivity index (χ3n) is 2.31. The lowest BCUT2D eigenvalue weighted by molar-refractivity contribution is 0.0954. The van der Waals surface area contributed by atoms with Crippen LogP contribution in [0, 0.1) is 6.92 Å². The minimum Gasteiger partial charge on any atom is -0.399 e. The third kappa shape index (κ3) is 3.77. The molecule has 0 aliphatic heterocycles. The quantitative estimate of drug-likeness (QED) is 0.789. The number of benzene rings is 1. The highest BCUT2D eigenvalue weighted by Crippen LogP contribution is 2.11. The molecule has 0 aliphatic rings. The largest absolute Gasteiger partial charge is 0.399 e. The summed E-state index contributed by atoms with van der Waals surface area (Å²) in [7, 11) is 0. The van der Waals surface area contributed by atoms with Crippen LogP contribution >= 0.6 is 11.8 Å². The number of nitrogen functional groups attached to an aromatic ring is 1. The fourth-order valence-electron chi connectivity index (χ4n) is 1.37. The molecule has 1 amide bonds. The van der Waals surface area contributed by atoms with E-state index in [1.807, 2.05) is 25.3 Å². The smallest absolute Gasteiger partial charge is 0.251 e. The maximum Gasteiger partial charge on any atom is 0.251 e. The Balaban J connectivity index is 2.66. The molecule has 3 nitrogen and oxygen atoms in total. The molecular weight excluding hydrogens is 220 g/mol. The molecule has 0 aromatic heterocycles. The van der Waals surface area contributed by atoms with E-state index in [1.165, 1.54) is 0 Å². The molecule has 1 atom stereocenters. The second kappa shape index (κ2) is 5.80. The number of hydrogen-bond acceptors (Lipinski definition) is 3. The molecule has 88 valence electrons. The summed E-state index contributed by atoms with van der Waals surface area (Å²) in [5, 5.41) is 3.31. The molecule has 0 aliphatic carbocycles. The van der Waals surface area contributed by atoms with Gasteiger partial charge in [-0.25, -0.2) is 0 Å². The Hall–Kier alpha value is -1.16. The Morgan fingerprint density at radius 1 is 1.50 bits per heavy atom. The van der Waals surface area contributed by atoms with Crippen LogP contribution in [0.5, 0.6) is 0 Å². The van der Waals surface area contributed by atoms with Gasteiger partial charge in [0.05, 0.1) is 0 Å². The molecule has 0 fully saturated rings. The van der Waals surface area contributed by atoms with Gasteiger partial charge in [0.2, 0.25) is 0 Å². The average Bonchev–Trinajstić information content (AvgIpc) is 2.23. The molecule has 16 heavy (non-hydrogen) atoms. The Morgan fingerprint density at radius 2 is 2.19 bits per heavy atom. The van der Waals surface area contributed by atoms with Crippen LogP contribution in [0.1, 0.15) is 22.8 Å². The molecular formula is C12H18N2OS. The van der Waals surface area contributed by atoms with Crippen LogP contribution in [0.2, 0.25) is 0 Å². The van der Waals surface area contributed by atoms with Crippen LogP contribution in [0.25, 0.3) is 0 Å². The van der Waals surface area contributed by atoms with E-state index in [2.05, 4.69) is 12.2 Å². The lowest BCUT2D eigenvalue weighted by atomic mass is 10.1. The van der Waals surface area contributed by atoms with Crippen LogP contribution in [-0.4, -0.2) is 24.0 Å². The minimum atomic E-state index is -0.0590. The number of aryl methyl sites for hydroxylation is 1. The van der Waals surface area contributed by atoms with E-state index in [0.717, 1.165) is 5.56 Å². The van der Waals surface area contributed by atoms with Crippen molar-refractivity contribution < 1.29 is 4.79 Å². The van der Waals surface area contributed by atoms with Crippen LogP contribution < -0.4 is 11.1 Å². The first-order valence-electron chi connectivity index (χ1n) is 5.21. The number of nitrogens with one attached hydrogen (secondary N) is 1. The first-order valence-corrected chi connectivity index (χ1v) is 6.50. The van der Waals surface area contributed by atoms with Gasteiger partial charge in [0.15, 0.2) is 0 Å². The number of nitrogens with two attached hydrogens (primary N) is 1. The molecule has 1 aromatic rings. The SMILES string of the molecule is CSC(C)CNC(=O)c1cc(C)cc(N)c1. The minimum absolute atomic E-state index is 0.0590. The van der Waals surface area contributed by atoms with Gasteiger partial charge in [-0.2, -0.15) is 11.8 Å². The molecule has 0 saturated carbocycles. The van der Waals surface area contributed by atoms with E-state index in [9.17, 15) is 4.79 Å². The number of amides is 1. The van der Waals surface area contributed by atoms with Gasteiger partial charge in [-0.1, -0.05) is 6.92 Å². The van der Waals surface area contributed by atoms with Crippen LogP contribution in [0.3, 0.4) is 0 Å². The molecule has 0 radical (unpaired) electrons. The zero-order valence-electron chi connectivity index (χ0n) is 9.91. The Kier molecular flexibility index (Phi) is 4.68. The summed E-state index contributed by atoms with van der Waals surface area (Å²) in [6.07, 6.45) is 2.03. The van der Waals surface area contributed by atoms with E-state index < -0.39 is 0 Å². The van der Waals surface area contributed by atoms with Gasteiger partial charge in [-0.15, -0.1) is 0 Å². The van der Waals surface area contributed by atoms with Gasteiger partial charge >= 0.3 is 0 Å². The van der Waals surface area contributed by atoms with Crippen LogP contribution in [-0.2, 0) is 0 Å². The summed E-state index contributed by atoms with van der Waals surface area (Å²) in [4.78, 5) is 11.8. The third-order valence-corrected chi connectivity index (χ3v) is 3.29. The Bertz CT molecular complexity index is 359. The fraction of sp³-hybridized carbons (Fsp3) is 0.417. The van der Waals surface area contributed by atoms with Crippen molar-refractivity contribution in [1.29, 1.82) is 0 Å². The van der Waals surface area contributed by atoms with Gasteiger partial charge in [0, 0.05) is 23.0 Å². The van der Waals surface area contributed by atoms with Crippen LogP contribution in [0.15, 0.2) is 18.2 Å². The van der Waals surface area contributed by atoms with Crippen molar-refractivity contribution in [3.63, 3.8) is 0 Å². The van der Waals surface area contributed by atoms with Gasteiger partial charge in [0.25, 0.3) is 5.91 Å². The average molecular weight is 238 g/mol. The second-order valence-electron chi connectivity index (χ2n) is 3.89. The molecule has 1 rings (SSSR count). The maximum atomic E-state index is 11.8. The fourth-order valence-corrected chi connectivity index (χ4v) is 1.62. The number of hydrogen-bond donors (Lipinski definition) is 2. The van der Waals surface area contributed by atoms with E-state index >= 15 is 0 Å². The highest BCUT2D eigenvalue weighted by molar-refractivity contribution is 7.99. The van der Waals surface area contributed by atoms with Gasteiger partial charge in [-0.3, -0.25) is 4.79 Å². The predicted octanol–water partition coefficient (Wildman–Crippen LogP) is 2.06. The first kappa shape index (κ1) is 12.9. The van der Waals surface area contributed by atoms with Crippen molar-refractivity contribution in [3.05, 3.63) is 29.3 Å². The summed E-state index contributed by atoms with van der Waals surface area (Å²) in [6.45, 7) is 4.68. The zero-order valence-corrected chi connectivity index (χ0v) is 10.7. The van der Waals surface area contributed by atoms with Crippen molar-refractivity contribution in [2.75, 3.05) is 18.5 Å². The van der Waals surface area contributed by atoms with Crippen LogP contribution in [0.4, 0.5) is 5.69 Å². The monoisotopic (exact) mass is 238 g/mol. The van der Waals surface area contributed by atoms with Gasteiger partial charge < -0.3 is 11.1 Å². The molecule has 0 heterocycles. The molecule has 0 spiro atoms. The standard InChI is InChI=1S/C12H18N2OS/c1-8-4-10(6-11(13)5-8)12(15)14-7-9(2)16-3/h4-6,9H,7,13H2,1-3H3,(H,14,15). The summed E-state index contributed by atoms with van der Waals surface area (Å²) in [6, 6.07) is 5.39. The number of carbonyl (C=O) groups is 1. The summed E-state index contributed by atoms with van der Waals surface area (Å²) in [5.74, 6) is -0.0590. The molecule has 0 bridgehead atoms. The maximum absolute atomic E-state index is 11.8. The van der Waals surface area contributed by atoms with E-state index in [4.69, 9.17) is 5.73 Å². The van der Waals surface area contributed by atoms with E-state index in [1.54, 1.807) is 17.8 Å². The topological polar surface area (TPSA) is 55.1 Å². The van der Waals surface area contributed by atoms with Gasteiger partial charge in [-0.05, 0) is 36.9 Å². The number of rotatable bonds is 4. The van der Waals surface area contributed by atoms with E-state index in [0.29, 0.717) is 23.0 Å². The second-order valence-corrected chi connectivity index (χ2v) is 5.16. The van der Waals surface area contributed by atoms with Crippen molar-refractivity contribution in [1.82, 2.24) is 5.32 Å². The lowest BCUT2D eigenvalue weighted by Gasteiger charge is -2.10. The normalized spacial score (nSPS) is 12.2. The molecule has 1 aromatic carbocycles. The van der Waals surface area contributed by atoms with Crippen molar-refractivity contribution >= 4 is 23.4 Å². The highest BCUT2D eigenvalue weighted by atomic mass is 32.2. The molecule has 1 unspecified atom stereocenters. The summed E-state index contributed by atoms with van der Waals surface area (Å²) < 4.78 is 0. The molecule has 0 saturated heterocycles. The number of carbonyl (C=O) groups excluding carboxylic acids is 1. The Labute approximate surface area is 101 Å². The van der Waals surface area contributed by atoms with Crippen molar-refractivity contribution in [2.45, 2.75) is 19.1 Å². The summed E-state index contributed by atoms with van der Waals surface area (Å²) in [5.41, 5.74) is 7.96. The highest BCUT2D eigenvalue weighted by Gasteiger charge is 2.08. The predicted molar refractivity (Wildman–Crippen MR) is 70.9 cm³/mol. The number of anilines is 1. The lowest BCUT2D eigenvalue weighted by Crippen LogP contribution is -2.29. The Morgan fingerprint density at radius 3 is 2.75 bits per heavy atom. The molecule has 4 heteroatoms. The van der Waals surface area contributed by atoms with Gasteiger partial charge in [0.1, 0.15) is 0 Å². The zero-order chi connectivity index (χ0) is 12.1. The van der Waals surface area contributed by atoms with Crippen molar-refractivity contribution in [2.24, 2.45) is 0 Å². The summed E-state index contributed by atoms with van der Waals surface area (Å²) >= 11 is 1.73. The number of thioether (sulfide) groups is 1. The van der Waals surface area contributed by atoms with E-state index in [-0.39, 0.29) is 5.91 Å². The first-order chi connectivity index (χ1) is 7.52.